The largest absolute Gasteiger partial charge is 0.497 e. The van der Waals surface area contributed by atoms with Crippen LogP contribution < -0.4 is 10.1 Å². The van der Waals surface area contributed by atoms with Crippen LogP contribution in [0.2, 0.25) is 0 Å². The highest BCUT2D eigenvalue weighted by atomic mass is 16.5. The van der Waals surface area contributed by atoms with Crippen LogP contribution >= 0.6 is 0 Å². The Bertz CT molecular complexity index is 395. The molecule has 1 fully saturated rings. The molecule has 18 heavy (non-hydrogen) atoms. The van der Waals surface area contributed by atoms with Gasteiger partial charge in [-0.05, 0) is 57.4 Å². The summed E-state index contributed by atoms with van der Waals surface area (Å²) in [6, 6.07) is 6.66. The van der Waals surface area contributed by atoms with Crippen molar-refractivity contribution in [1.82, 2.24) is 0 Å². The van der Waals surface area contributed by atoms with Crippen LogP contribution in [0.3, 0.4) is 0 Å². The molecule has 1 saturated heterocycles. The molecule has 1 heterocycles. The van der Waals surface area contributed by atoms with Crippen molar-refractivity contribution >= 4 is 5.69 Å². The van der Waals surface area contributed by atoms with Gasteiger partial charge >= 0.3 is 0 Å². The number of methoxy groups -OCH3 is 1. The average molecular weight is 249 g/mol. The molecule has 2 unspecified atom stereocenters. The van der Waals surface area contributed by atoms with Crippen LogP contribution in [0.5, 0.6) is 5.75 Å². The maximum atomic E-state index is 5.76. The van der Waals surface area contributed by atoms with Gasteiger partial charge in [0.15, 0.2) is 0 Å². The fraction of sp³-hybridized carbons (Fsp3) is 0.600. The third-order valence-electron chi connectivity index (χ3n) is 3.49. The lowest BCUT2D eigenvalue weighted by molar-refractivity contribution is -0.0337. The van der Waals surface area contributed by atoms with Crippen LogP contribution in [0.15, 0.2) is 18.2 Å². The van der Waals surface area contributed by atoms with E-state index in [1.54, 1.807) is 7.11 Å². The first-order valence-corrected chi connectivity index (χ1v) is 6.65. The molecule has 1 aromatic carbocycles. The van der Waals surface area contributed by atoms with Crippen molar-refractivity contribution in [2.24, 2.45) is 0 Å². The summed E-state index contributed by atoms with van der Waals surface area (Å²) in [5, 5.41) is 3.63. The van der Waals surface area contributed by atoms with E-state index in [2.05, 4.69) is 38.2 Å². The fourth-order valence-corrected chi connectivity index (χ4v) is 2.67. The summed E-state index contributed by atoms with van der Waals surface area (Å²) in [4.78, 5) is 0. The smallest absolute Gasteiger partial charge is 0.119 e. The molecule has 2 atom stereocenters. The van der Waals surface area contributed by atoms with Crippen molar-refractivity contribution in [3.8, 4) is 5.75 Å². The van der Waals surface area contributed by atoms with Gasteiger partial charge in [0.25, 0.3) is 0 Å². The van der Waals surface area contributed by atoms with Gasteiger partial charge in [-0.25, -0.2) is 0 Å². The summed E-state index contributed by atoms with van der Waals surface area (Å²) in [7, 11) is 1.70. The molecule has 0 radical (unpaired) electrons. The van der Waals surface area contributed by atoms with Gasteiger partial charge in [0, 0.05) is 11.7 Å². The van der Waals surface area contributed by atoms with Gasteiger partial charge < -0.3 is 14.8 Å². The molecule has 1 aliphatic rings. The van der Waals surface area contributed by atoms with E-state index in [0.717, 1.165) is 18.6 Å². The summed E-state index contributed by atoms with van der Waals surface area (Å²) < 4.78 is 11.0. The Morgan fingerprint density at radius 3 is 2.44 bits per heavy atom. The van der Waals surface area contributed by atoms with Crippen LogP contribution in [0.1, 0.15) is 32.3 Å². The van der Waals surface area contributed by atoms with Crippen molar-refractivity contribution in [3.05, 3.63) is 23.8 Å². The molecule has 0 spiro atoms. The van der Waals surface area contributed by atoms with Gasteiger partial charge in [-0.1, -0.05) is 0 Å². The number of nitrogens with one attached hydrogen (secondary N) is 1. The maximum absolute atomic E-state index is 5.76. The molecule has 3 heteroatoms. The Morgan fingerprint density at radius 2 is 1.89 bits per heavy atom. The third kappa shape index (κ3) is 3.16. The Labute approximate surface area is 109 Å². The molecule has 1 N–H and O–H groups in total. The molecule has 100 valence electrons. The Balaban J connectivity index is 2.04. The number of hydrogen-bond acceptors (Lipinski definition) is 3. The number of ether oxygens (including phenoxy) is 2. The van der Waals surface area contributed by atoms with E-state index >= 15 is 0 Å². The van der Waals surface area contributed by atoms with E-state index in [-0.39, 0.29) is 0 Å². The second kappa shape index (κ2) is 5.61. The highest BCUT2D eigenvalue weighted by Crippen LogP contribution is 2.26. The van der Waals surface area contributed by atoms with Crippen LogP contribution in [0, 0.1) is 6.92 Å². The molecular weight excluding hydrogens is 226 g/mol. The van der Waals surface area contributed by atoms with E-state index in [9.17, 15) is 0 Å². The molecular formula is C15H23NO2. The second-order valence-corrected chi connectivity index (χ2v) is 5.25. The highest BCUT2D eigenvalue weighted by molar-refractivity contribution is 5.54. The lowest BCUT2D eigenvalue weighted by Crippen LogP contribution is -2.37. The van der Waals surface area contributed by atoms with Gasteiger partial charge in [-0.2, -0.15) is 0 Å². The highest BCUT2D eigenvalue weighted by Gasteiger charge is 2.24. The van der Waals surface area contributed by atoms with Gasteiger partial charge in [0.2, 0.25) is 0 Å². The number of benzene rings is 1. The number of rotatable bonds is 3. The van der Waals surface area contributed by atoms with Crippen molar-refractivity contribution in [1.29, 1.82) is 0 Å². The Morgan fingerprint density at radius 1 is 1.22 bits per heavy atom. The number of hydrogen-bond donors (Lipinski definition) is 1. The van der Waals surface area contributed by atoms with Crippen molar-refractivity contribution in [2.45, 2.75) is 51.9 Å². The SMILES string of the molecule is COc1ccc(NC2CC(C)OC(C)C2)c(C)c1. The van der Waals surface area contributed by atoms with E-state index in [1.165, 1.54) is 11.3 Å². The molecule has 0 bridgehead atoms. The molecule has 0 aliphatic carbocycles. The molecule has 0 saturated carbocycles. The van der Waals surface area contributed by atoms with Crippen LogP contribution in [-0.2, 0) is 4.74 Å². The van der Waals surface area contributed by atoms with Crippen LogP contribution in [0.4, 0.5) is 5.69 Å². The zero-order chi connectivity index (χ0) is 13.1. The molecule has 0 amide bonds. The van der Waals surface area contributed by atoms with E-state index in [1.807, 2.05) is 6.07 Å². The van der Waals surface area contributed by atoms with Crippen molar-refractivity contribution in [2.75, 3.05) is 12.4 Å². The lowest BCUT2D eigenvalue weighted by atomic mass is 9.99. The van der Waals surface area contributed by atoms with Gasteiger partial charge in [-0.3, -0.25) is 0 Å². The minimum Gasteiger partial charge on any atom is -0.497 e. The number of aryl methyl sites for hydroxylation is 1. The van der Waals surface area contributed by atoms with Crippen molar-refractivity contribution < 1.29 is 9.47 Å². The first-order valence-electron chi connectivity index (χ1n) is 6.65. The standard InChI is InChI=1S/C15H23NO2/c1-10-7-14(17-4)5-6-15(10)16-13-8-11(2)18-12(3)9-13/h5-7,11-13,16H,8-9H2,1-4H3. The van der Waals surface area contributed by atoms with Gasteiger partial charge in [0.05, 0.1) is 19.3 Å². The molecule has 3 nitrogen and oxygen atoms in total. The lowest BCUT2D eigenvalue weighted by Gasteiger charge is -2.33. The van der Waals surface area contributed by atoms with E-state index < -0.39 is 0 Å². The molecule has 0 aromatic heterocycles. The van der Waals surface area contributed by atoms with Gasteiger partial charge in [-0.15, -0.1) is 0 Å². The van der Waals surface area contributed by atoms with E-state index in [4.69, 9.17) is 9.47 Å². The zero-order valence-corrected chi connectivity index (χ0v) is 11.7. The quantitative estimate of drug-likeness (QED) is 0.891. The maximum Gasteiger partial charge on any atom is 0.119 e. The topological polar surface area (TPSA) is 30.5 Å². The second-order valence-electron chi connectivity index (χ2n) is 5.25. The van der Waals surface area contributed by atoms with Crippen molar-refractivity contribution in [3.63, 3.8) is 0 Å². The van der Waals surface area contributed by atoms with Crippen LogP contribution in [-0.4, -0.2) is 25.4 Å². The summed E-state index contributed by atoms with van der Waals surface area (Å²) in [5.41, 5.74) is 2.42. The van der Waals surface area contributed by atoms with Crippen LogP contribution in [0.25, 0.3) is 0 Å². The van der Waals surface area contributed by atoms with E-state index in [0.29, 0.717) is 18.2 Å². The predicted octanol–water partition coefficient (Wildman–Crippen LogP) is 3.37. The zero-order valence-electron chi connectivity index (χ0n) is 11.7. The normalized spacial score (nSPS) is 27.9. The minimum atomic E-state index is 0.338. The summed E-state index contributed by atoms with van der Waals surface area (Å²) in [6.45, 7) is 6.40. The van der Waals surface area contributed by atoms with Gasteiger partial charge in [0.1, 0.15) is 5.75 Å². The fourth-order valence-electron chi connectivity index (χ4n) is 2.67. The first-order chi connectivity index (χ1) is 8.58. The minimum absolute atomic E-state index is 0.338. The average Bonchev–Trinajstić information content (AvgIpc) is 2.30. The molecule has 2 rings (SSSR count). The predicted molar refractivity (Wildman–Crippen MR) is 74.4 cm³/mol. The number of anilines is 1. The molecule has 1 aromatic rings. The first kappa shape index (κ1) is 13.2. The summed E-state index contributed by atoms with van der Waals surface area (Å²) in [5.74, 6) is 0.909. The summed E-state index contributed by atoms with van der Waals surface area (Å²) in [6.07, 6.45) is 2.81. The summed E-state index contributed by atoms with van der Waals surface area (Å²) >= 11 is 0. The third-order valence-corrected chi connectivity index (χ3v) is 3.49. The molecule has 1 aliphatic heterocycles. The monoisotopic (exact) mass is 249 g/mol. The Kier molecular flexibility index (Phi) is 4.12. The Hall–Kier alpha value is -1.22.